The van der Waals surface area contributed by atoms with Crippen molar-refractivity contribution in [2.75, 3.05) is 0 Å². The van der Waals surface area contributed by atoms with Gasteiger partial charge in [0.15, 0.2) is 17.5 Å². The summed E-state index contributed by atoms with van der Waals surface area (Å²) in [4.78, 5) is 15.2. The smallest absolute Gasteiger partial charge is 0.167 e. The van der Waals surface area contributed by atoms with Gasteiger partial charge >= 0.3 is 0 Å². The SMILES string of the molecule is C=C/C=C1\C(=C)c2ccccc2C12C(=C/C)/C(=C\C)c1cccc(-c3ccc4cc(-c5nc(-c6ccccc6)nc(-c6cccc7c6oc6ccccc67)n5)ccc4c3)c12. The summed E-state index contributed by atoms with van der Waals surface area (Å²) in [6.07, 6.45) is 8.62. The van der Waals surface area contributed by atoms with Crippen molar-refractivity contribution in [1.82, 2.24) is 15.0 Å². The molecule has 0 saturated carbocycles. The third kappa shape index (κ3) is 5.07. The summed E-state index contributed by atoms with van der Waals surface area (Å²) >= 11 is 0. The fourth-order valence-corrected chi connectivity index (χ4v) is 9.90. The lowest BCUT2D eigenvalue weighted by molar-refractivity contribution is 0.669. The standard InChI is InChI=1S/C56H39N3O/c1-5-17-48-34(4)41-20-11-13-26-49(41)56(48)47(7-3)40(6-2)44-23-15-22-42(51(44)56)38-30-28-37-33-39(31-29-36(37)32-38)54-57-53(35-18-9-8-10-19-35)58-55(59-54)46-25-16-24-45-43-21-12-14-27-50(43)60-52(45)46/h5-33H,1,4H2,2-3H3/b40-6-,47-7+,48-17+. The van der Waals surface area contributed by atoms with Crippen LogP contribution in [0.15, 0.2) is 205 Å². The number of fused-ring (bicyclic) bond motifs is 8. The maximum Gasteiger partial charge on any atom is 0.167 e. The van der Waals surface area contributed by atoms with Crippen LogP contribution in [-0.4, -0.2) is 15.0 Å². The third-order valence-electron chi connectivity index (χ3n) is 12.4. The number of para-hydroxylation sites is 2. The Kier molecular flexibility index (Phi) is 8.11. The second-order valence-electron chi connectivity index (χ2n) is 15.5. The summed E-state index contributed by atoms with van der Waals surface area (Å²) in [5.74, 6) is 1.76. The fraction of sp³-hybridized carbons (Fsp3) is 0.0536. The number of nitrogens with zero attached hydrogens (tertiary/aromatic N) is 3. The maximum atomic E-state index is 6.44. The molecule has 60 heavy (non-hydrogen) atoms. The Labute approximate surface area is 348 Å². The highest BCUT2D eigenvalue weighted by molar-refractivity contribution is 6.09. The number of rotatable bonds is 5. The van der Waals surface area contributed by atoms with Crippen LogP contribution in [0.4, 0.5) is 0 Å². The first-order valence-corrected chi connectivity index (χ1v) is 20.4. The van der Waals surface area contributed by atoms with Crippen molar-refractivity contribution in [1.29, 1.82) is 0 Å². The van der Waals surface area contributed by atoms with Crippen LogP contribution in [0.2, 0.25) is 0 Å². The van der Waals surface area contributed by atoms with Gasteiger partial charge in [0.2, 0.25) is 0 Å². The van der Waals surface area contributed by atoms with Gasteiger partial charge in [0, 0.05) is 21.9 Å². The summed E-state index contributed by atoms with van der Waals surface area (Å²) in [5.41, 5.74) is 15.8. The van der Waals surface area contributed by atoms with E-state index < -0.39 is 5.41 Å². The van der Waals surface area contributed by atoms with E-state index in [2.05, 4.69) is 136 Å². The summed E-state index contributed by atoms with van der Waals surface area (Å²) in [6, 6.07) is 53.1. The van der Waals surface area contributed by atoms with Crippen molar-refractivity contribution in [2.24, 2.45) is 0 Å². The molecule has 0 fully saturated rings. The van der Waals surface area contributed by atoms with Gasteiger partial charge in [0.05, 0.1) is 11.0 Å². The third-order valence-corrected chi connectivity index (χ3v) is 12.4. The van der Waals surface area contributed by atoms with E-state index in [4.69, 9.17) is 19.4 Å². The van der Waals surface area contributed by atoms with E-state index in [1.165, 1.54) is 44.5 Å². The van der Waals surface area contributed by atoms with Crippen LogP contribution in [0.3, 0.4) is 0 Å². The van der Waals surface area contributed by atoms with Crippen molar-refractivity contribution >= 4 is 43.9 Å². The first-order valence-electron chi connectivity index (χ1n) is 20.4. The average molecular weight is 770 g/mol. The van der Waals surface area contributed by atoms with Crippen molar-refractivity contribution < 1.29 is 4.42 Å². The van der Waals surface area contributed by atoms with Crippen LogP contribution in [0.25, 0.3) is 89.1 Å². The predicted octanol–water partition coefficient (Wildman–Crippen LogP) is 14.4. The van der Waals surface area contributed by atoms with Crippen molar-refractivity contribution in [2.45, 2.75) is 19.3 Å². The first kappa shape index (κ1) is 35.5. The van der Waals surface area contributed by atoms with E-state index in [-0.39, 0.29) is 0 Å². The zero-order chi connectivity index (χ0) is 40.5. The number of allylic oxidation sites excluding steroid dienone is 8. The summed E-state index contributed by atoms with van der Waals surface area (Å²) in [5, 5.41) is 4.31. The number of hydrogen-bond donors (Lipinski definition) is 0. The molecule has 0 amide bonds. The molecule has 0 bridgehead atoms. The lowest BCUT2D eigenvalue weighted by Crippen LogP contribution is -2.27. The van der Waals surface area contributed by atoms with Gasteiger partial charge in [-0.05, 0) is 105 Å². The Bertz CT molecular complexity index is 3380. The van der Waals surface area contributed by atoms with Gasteiger partial charge in [-0.25, -0.2) is 15.0 Å². The lowest BCUT2D eigenvalue weighted by Gasteiger charge is -2.33. The molecule has 1 spiro atoms. The Balaban J connectivity index is 1.07. The fourth-order valence-electron chi connectivity index (χ4n) is 9.90. The summed E-state index contributed by atoms with van der Waals surface area (Å²) in [6.45, 7) is 13.1. The largest absolute Gasteiger partial charge is 0.455 e. The number of hydrogen-bond acceptors (Lipinski definition) is 4. The number of benzene rings is 7. The molecule has 2 aromatic heterocycles. The molecule has 0 N–H and O–H groups in total. The van der Waals surface area contributed by atoms with Crippen LogP contribution in [0.1, 0.15) is 36.1 Å². The number of aromatic nitrogens is 3. The normalized spacial score (nSPS) is 17.8. The van der Waals surface area contributed by atoms with Crippen LogP contribution in [0, 0.1) is 0 Å². The zero-order valence-corrected chi connectivity index (χ0v) is 33.4. The molecule has 2 heterocycles. The van der Waals surface area contributed by atoms with Crippen LogP contribution in [-0.2, 0) is 5.41 Å². The molecule has 4 heteroatoms. The van der Waals surface area contributed by atoms with E-state index in [1.807, 2.05) is 66.7 Å². The molecular formula is C56H39N3O. The number of furan rings is 1. The highest BCUT2D eigenvalue weighted by Gasteiger charge is 2.55. The predicted molar refractivity (Wildman–Crippen MR) is 248 cm³/mol. The summed E-state index contributed by atoms with van der Waals surface area (Å²) in [7, 11) is 0. The second-order valence-corrected chi connectivity index (χ2v) is 15.5. The van der Waals surface area contributed by atoms with Crippen LogP contribution >= 0.6 is 0 Å². The molecule has 4 nitrogen and oxygen atoms in total. The molecule has 1 atom stereocenters. The average Bonchev–Trinajstić information content (AvgIpc) is 3.91. The van der Waals surface area contributed by atoms with E-state index >= 15 is 0 Å². The second kappa shape index (κ2) is 13.7. The molecule has 1 unspecified atom stereocenters. The lowest BCUT2D eigenvalue weighted by atomic mass is 9.68. The molecule has 0 aliphatic heterocycles. The monoisotopic (exact) mass is 769 g/mol. The molecule has 2 aliphatic carbocycles. The molecule has 0 saturated heterocycles. The van der Waals surface area contributed by atoms with Crippen LogP contribution in [0.5, 0.6) is 0 Å². The summed E-state index contributed by atoms with van der Waals surface area (Å²) < 4.78 is 6.44. The van der Waals surface area contributed by atoms with Crippen molar-refractivity contribution in [3.8, 4) is 45.3 Å². The van der Waals surface area contributed by atoms with Gasteiger partial charge in [-0.2, -0.15) is 0 Å². The maximum absolute atomic E-state index is 6.44. The van der Waals surface area contributed by atoms with Gasteiger partial charge in [0.25, 0.3) is 0 Å². The first-order chi connectivity index (χ1) is 29.5. The van der Waals surface area contributed by atoms with Gasteiger partial charge < -0.3 is 4.42 Å². The molecule has 7 aromatic carbocycles. The Morgan fingerprint density at radius 3 is 1.97 bits per heavy atom. The minimum atomic E-state index is -0.525. The molecule has 0 radical (unpaired) electrons. The Hall–Kier alpha value is -7.69. The van der Waals surface area contributed by atoms with E-state index in [0.717, 1.165) is 60.5 Å². The van der Waals surface area contributed by atoms with Crippen molar-refractivity contribution in [3.05, 3.63) is 223 Å². The zero-order valence-electron chi connectivity index (χ0n) is 33.4. The Morgan fingerprint density at radius 2 is 1.17 bits per heavy atom. The van der Waals surface area contributed by atoms with Crippen molar-refractivity contribution in [3.63, 3.8) is 0 Å². The van der Waals surface area contributed by atoms with Gasteiger partial charge in [-0.1, -0.05) is 165 Å². The molecule has 284 valence electrons. The van der Waals surface area contributed by atoms with Crippen LogP contribution < -0.4 is 0 Å². The minimum absolute atomic E-state index is 0.525. The Morgan fingerprint density at radius 1 is 0.533 bits per heavy atom. The molecule has 2 aliphatic rings. The highest BCUT2D eigenvalue weighted by atomic mass is 16.3. The van der Waals surface area contributed by atoms with Gasteiger partial charge in [0.1, 0.15) is 11.2 Å². The van der Waals surface area contributed by atoms with Gasteiger partial charge in [-0.15, -0.1) is 0 Å². The highest BCUT2D eigenvalue weighted by Crippen LogP contribution is 2.66. The molecule has 9 aromatic rings. The molecule has 11 rings (SSSR count). The minimum Gasteiger partial charge on any atom is -0.455 e. The quantitative estimate of drug-likeness (QED) is 0.175. The van der Waals surface area contributed by atoms with E-state index in [0.29, 0.717) is 17.5 Å². The van der Waals surface area contributed by atoms with E-state index in [1.54, 1.807) is 0 Å². The molecular weight excluding hydrogens is 731 g/mol. The van der Waals surface area contributed by atoms with Gasteiger partial charge in [-0.3, -0.25) is 0 Å². The topological polar surface area (TPSA) is 51.8 Å². The van der Waals surface area contributed by atoms with E-state index in [9.17, 15) is 0 Å².